The van der Waals surface area contributed by atoms with Crippen molar-refractivity contribution in [2.75, 3.05) is 0 Å². The molecule has 0 bridgehead atoms. The van der Waals surface area contributed by atoms with Gasteiger partial charge in [0.25, 0.3) is 5.56 Å². The van der Waals surface area contributed by atoms with E-state index in [1.807, 2.05) is 6.92 Å². The minimum atomic E-state index is -1.04. The summed E-state index contributed by atoms with van der Waals surface area (Å²) in [6.45, 7) is 2.42. The van der Waals surface area contributed by atoms with Gasteiger partial charge in [-0.25, -0.2) is 9.78 Å². The Balaban J connectivity index is 2.71. The molecule has 2 aromatic heterocycles. The van der Waals surface area contributed by atoms with Crippen molar-refractivity contribution < 1.29 is 9.90 Å². The van der Waals surface area contributed by atoms with Crippen molar-refractivity contribution in [3.05, 3.63) is 26.7 Å². The summed E-state index contributed by atoms with van der Waals surface area (Å²) in [4.78, 5) is 40.9. The fraction of sp³-hybridized carbons (Fsp3) is 0.500. The monoisotopic (exact) mass is 280 g/mol. The molecule has 2 heterocycles. The van der Waals surface area contributed by atoms with Crippen LogP contribution in [-0.4, -0.2) is 30.2 Å². The number of aliphatic carboxylic acids is 1. The van der Waals surface area contributed by atoms with Crippen LogP contribution in [0.1, 0.15) is 25.6 Å². The minimum Gasteiger partial charge on any atom is -0.481 e. The number of carboxylic acid groups (broad SMARTS) is 1. The predicted molar refractivity (Wildman–Crippen MR) is 71.8 cm³/mol. The largest absolute Gasteiger partial charge is 0.481 e. The van der Waals surface area contributed by atoms with Gasteiger partial charge in [-0.2, -0.15) is 0 Å². The van der Waals surface area contributed by atoms with Crippen LogP contribution in [0.15, 0.2) is 9.59 Å². The zero-order valence-electron chi connectivity index (χ0n) is 11.3. The highest BCUT2D eigenvalue weighted by Crippen LogP contribution is 2.10. The first-order chi connectivity index (χ1) is 9.45. The quantitative estimate of drug-likeness (QED) is 0.791. The summed E-state index contributed by atoms with van der Waals surface area (Å²) in [5.41, 5.74) is -0.608. The van der Waals surface area contributed by atoms with Crippen molar-refractivity contribution in [1.82, 2.24) is 19.1 Å². The van der Waals surface area contributed by atoms with Crippen molar-refractivity contribution in [2.45, 2.75) is 32.7 Å². The molecule has 0 fully saturated rings. The highest BCUT2D eigenvalue weighted by atomic mass is 16.4. The number of aryl methyl sites for hydroxylation is 2. The summed E-state index contributed by atoms with van der Waals surface area (Å²) in [6.07, 6.45) is 1.36. The molecule has 0 amide bonds. The van der Waals surface area contributed by atoms with Gasteiger partial charge in [-0.1, -0.05) is 13.3 Å². The first kappa shape index (κ1) is 14.0. The van der Waals surface area contributed by atoms with Gasteiger partial charge in [-0.05, 0) is 6.42 Å². The summed E-state index contributed by atoms with van der Waals surface area (Å²) >= 11 is 0. The number of imidazole rings is 1. The number of hydrogen-bond acceptors (Lipinski definition) is 4. The third-order valence-electron chi connectivity index (χ3n) is 3.15. The van der Waals surface area contributed by atoms with Crippen LogP contribution in [0.4, 0.5) is 0 Å². The number of H-pyrrole nitrogens is 1. The van der Waals surface area contributed by atoms with E-state index in [0.717, 1.165) is 12.8 Å². The van der Waals surface area contributed by atoms with E-state index in [0.29, 0.717) is 6.54 Å². The molecule has 0 radical (unpaired) electrons. The van der Waals surface area contributed by atoms with Crippen molar-refractivity contribution in [2.24, 2.45) is 7.05 Å². The van der Waals surface area contributed by atoms with Crippen LogP contribution in [0.5, 0.6) is 0 Å². The van der Waals surface area contributed by atoms with Crippen LogP contribution in [-0.2, 0) is 24.8 Å². The molecular formula is C12H16N4O4. The fourth-order valence-corrected chi connectivity index (χ4v) is 2.11. The van der Waals surface area contributed by atoms with Crippen molar-refractivity contribution >= 4 is 17.1 Å². The van der Waals surface area contributed by atoms with E-state index in [-0.39, 0.29) is 23.4 Å². The van der Waals surface area contributed by atoms with Crippen LogP contribution in [0.25, 0.3) is 11.2 Å². The van der Waals surface area contributed by atoms with Crippen LogP contribution < -0.4 is 11.2 Å². The molecule has 0 unspecified atom stereocenters. The summed E-state index contributed by atoms with van der Waals surface area (Å²) in [5, 5.41) is 8.84. The Hall–Kier alpha value is -2.38. The van der Waals surface area contributed by atoms with Gasteiger partial charge in [0.1, 0.15) is 12.2 Å². The first-order valence-electron chi connectivity index (χ1n) is 6.36. The SMILES string of the molecule is CCCCn1c(=O)[nH]c(=O)c2c1nc(CC(=O)O)n2C. The van der Waals surface area contributed by atoms with Crippen molar-refractivity contribution in [3.63, 3.8) is 0 Å². The number of hydrogen-bond donors (Lipinski definition) is 2. The lowest BCUT2D eigenvalue weighted by Gasteiger charge is -2.04. The van der Waals surface area contributed by atoms with Crippen LogP contribution >= 0.6 is 0 Å². The normalized spacial score (nSPS) is 11.1. The lowest BCUT2D eigenvalue weighted by molar-refractivity contribution is -0.136. The highest BCUT2D eigenvalue weighted by molar-refractivity contribution is 5.74. The highest BCUT2D eigenvalue weighted by Gasteiger charge is 2.17. The van der Waals surface area contributed by atoms with Gasteiger partial charge in [0.2, 0.25) is 0 Å². The molecule has 2 aromatic rings. The Morgan fingerprint density at radius 3 is 2.70 bits per heavy atom. The molecule has 2 rings (SSSR count). The van der Waals surface area contributed by atoms with E-state index < -0.39 is 17.2 Å². The van der Waals surface area contributed by atoms with Gasteiger partial charge < -0.3 is 9.67 Å². The van der Waals surface area contributed by atoms with Gasteiger partial charge >= 0.3 is 11.7 Å². The smallest absolute Gasteiger partial charge is 0.330 e. The maximum Gasteiger partial charge on any atom is 0.330 e. The van der Waals surface area contributed by atoms with Gasteiger partial charge in [-0.15, -0.1) is 0 Å². The summed E-state index contributed by atoms with van der Waals surface area (Å²) in [7, 11) is 1.57. The first-order valence-corrected chi connectivity index (χ1v) is 6.36. The number of carboxylic acids is 1. The molecule has 108 valence electrons. The lowest BCUT2D eigenvalue weighted by atomic mass is 10.3. The summed E-state index contributed by atoms with van der Waals surface area (Å²) in [6, 6.07) is 0. The number of fused-ring (bicyclic) bond motifs is 1. The number of aromatic amines is 1. The molecule has 8 nitrogen and oxygen atoms in total. The number of aromatic nitrogens is 4. The molecule has 0 aliphatic heterocycles. The van der Waals surface area contributed by atoms with Crippen molar-refractivity contribution in [3.8, 4) is 0 Å². The zero-order chi connectivity index (χ0) is 14.9. The fourth-order valence-electron chi connectivity index (χ4n) is 2.11. The minimum absolute atomic E-state index is 0.219. The molecule has 8 heteroatoms. The van der Waals surface area contributed by atoms with E-state index in [4.69, 9.17) is 5.11 Å². The molecule has 0 aliphatic carbocycles. The van der Waals surface area contributed by atoms with E-state index in [1.54, 1.807) is 7.05 Å². The molecule has 0 atom stereocenters. The van der Waals surface area contributed by atoms with E-state index in [1.165, 1.54) is 9.13 Å². The molecule has 0 aliphatic rings. The van der Waals surface area contributed by atoms with Gasteiger partial charge in [0.15, 0.2) is 11.2 Å². The zero-order valence-corrected chi connectivity index (χ0v) is 11.3. The van der Waals surface area contributed by atoms with E-state index in [2.05, 4.69) is 9.97 Å². The van der Waals surface area contributed by atoms with Gasteiger partial charge in [0.05, 0.1) is 0 Å². The molecule has 0 saturated carbocycles. The number of carbonyl (C=O) groups is 1. The second-order valence-corrected chi connectivity index (χ2v) is 4.59. The third kappa shape index (κ3) is 2.36. The summed E-state index contributed by atoms with van der Waals surface area (Å²) in [5.74, 6) is -0.795. The Morgan fingerprint density at radius 1 is 1.40 bits per heavy atom. The third-order valence-corrected chi connectivity index (χ3v) is 3.15. The van der Waals surface area contributed by atoms with Gasteiger partial charge in [-0.3, -0.25) is 19.1 Å². The Kier molecular flexibility index (Phi) is 3.73. The van der Waals surface area contributed by atoms with Crippen molar-refractivity contribution in [1.29, 1.82) is 0 Å². The topological polar surface area (TPSA) is 110 Å². The lowest BCUT2D eigenvalue weighted by Crippen LogP contribution is -2.31. The maximum atomic E-state index is 11.9. The molecule has 2 N–H and O–H groups in total. The van der Waals surface area contributed by atoms with Crippen LogP contribution in [0.3, 0.4) is 0 Å². The van der Waals surface area contributed by atoms with Crippen LogP contribution in [0, 0.1) is 0 Å². The van der Waals surface area contributed by atoms with Crippen LogP contribution in [0.2, 0.25) is 0 Å². The number of nitrogens with one attached hydrogen (secondary N) is 1. The average molecular weight is 280 g/mol. The molecule has 20 heavy (non-hydrogen) atoms. The Labute approximate surface area is 113 Å². The van der Waals surface area contributed by atoms with E-state index in [9.17, 15) is 14.4 Å². The molecular weight excluding hydrogens is 264 g/mol. The number of unbranched alkanes of at least 4 members (excludes halogenated alkanes) is 1. The van der Waals surface area contributed by atoms with E-state index >= 15 is 0 Å². The molecule has 0 spiro atoms. The average Bonchev–Trinajstić information content (AvgIpc) is 2.66. The number of nitrogens with zero attached hydrogens (tertiary/aromatic N) is 3. The molecule has 0 aromatic carbocycles. The van der Waals surface area contributed by atoms with Gasteiger partial charge in [0, 0.05) is 13.6 Å². The standard InChI is InChI=1S/C12H16N4O4/c1-3-4-5-16-10-9(11(19)14-12(16)20)15(2)7(13-10)6-8(17)18/h3-6H2,1-2H3,(H,17,18)(H,14,19,20). The second kappa shape index (κ2) is 5.32. The maximum absolute atomic E-state index is 11.9. The number of rotatable bonds is 5. The molecule has 0 saturated heterocycles. The summed E-state index contributed by atoms with van der Waals surface area (Å²) < 4.78 is 2.80. The predicted octanol–water partition coefficient (Wildman–Crippen LogP) is -0.149. The Bertz CT molecular complexity index is 768. The second-order valence-electron chi connectivity index (χ2n) is 4.59. The Morgan fingerprint density at radius 2 is 2.10 bits per heavy atom.